The molecule has 23 heavy (non-hydrogen) atoms. The molecular weight excluding hydrogens is 290 g/mol. The average Bonchev–Trinajstić information content (AvgIpc) is 2.56. The van der Waals surface area contributed by atoms with Gasteiger partial charge < -0.3 is 5.11 Å². The van der Waals surface area contributed by atoms with Crippen molar-refractivity contribution in [2.24, 2.45) is 0 Å². The Morgan fingerprint density at radius 2 is 1.52 bits per heavy atom. The third kappa shape index (κ3) is 7.02. The molecule has 2 aromatic rings. The number of aromatic nitrogens is 2. The highest BCUT2D eigenvalue weighted by Crippen LogP contribution is 2.09. The van der Waals surface area contributed by atoms with Gasteiger partial charge in [-0.2, -0.15) is 0 Å². The Balaban J connectivity index is 1.87. The summed E-state index contributed by atoms with van der Waals surface area (Å²) in [7, 11) is 0. The van der Waals surface area contributed by atoms with Crippen molar-refractivity contribution < 1.29 is 9.90 Å². The molecule has 0 saturated carbocycles. The predicted octanol–water partition coefficient (Wildman–Crippen LogP) is 3.12. The second-order valence-electron chi connectivity index (χ2n) is 5.56. The first-order valence-corrected chi connectivity index (χ1v) is 7.98. The molecule has 122 valence electrons. The second kappa shape index (κ2) is 9.69. The molecule has 2 aromatic heterocycles. The number of carbonyl (C=O) groups is 1. The highest BCUT2D eigenvalue weighted by Gasteiger charge is 2.08. The lowest BCUT2D eigenvalue weighted by Crippen LogP contribution is -2.25. The summed E-state index contributed by atoms with van der Waals surface area (Å²) in [6.07, 6.45) is 6.50. The largest absolute Gasteiger partial charge is 0.481 e. The average molecular weight is 313 g/mol. The van der Waals surface area contributed by atoms with Crippen LogP contribution in [0, 0.1) is 0 Å². The van der Waals surface area contributed by atoms with Crippen molar-refractivity contribution >= 4 is 5.97 Å². The van der Waals surface area contributed by atoms with E-state index in [4.69, 9.17) is 5.11 Å². The molecule has 0 radical (unpaired) electrons. The number of aliphatic carboxylic acids is 1. The zero-order valence-electron chi connectivity index (χ0n) is 13.3. The van der Waals surface area contributed by atoms with Gasteiger partial charge in [0.1, 0.15) is 0 Å². The molecule has 0 aliphatic heterocycles. The van der Waals surface area contributed by atoms with Crippen LogP contribution in [0.1, 0.15) is 37.1 Å². The summed E-state index contributed by atoms with van der Waals surface area (Å²) in [5.41, 5.74) is 2.07. The van der Waals surface area contributed by atoms with E-state index in [0.717, 1.165) is 50.3 Å². The quantitative estimate of drug-likeness (QED) is 0.683. The molecule has 0 fully saturated rings. The fraction of sp³-hybridized carbons (Fsp3) is 0.389. The molecule has 0 saturated heterocycles. The molecule has 2 rings (SSSR count). The van der Waals surface area contributed by atoms with Gasteiger partial charge in [-0.15, -0.1) is 0 Å². The van der Waals surface area contributed by atoms with Gasteiger partial charge >= 0.3 is 5.97 Å². The van der Waals surface area contributed by atoms with E-state index in [2.05, 4.69) is 14.9 Å². The maximum Gasteiger partial charge on any atom is 0.303 e. The number of carboxylic acids is 1. The van der Waals surface area contributed by atoms with Crippen LogP contribution in [-0.2, 0) is 17.9 Å². The predicted molar refractivity (Wildman–Crippen MR) is 88.7 cm³/mol. The van der Waals surface area contributed by atoms with Crippen molar-refractivity contribution in [3.63, 3.8) is 0 Å². The van der Waals surface area contributed by atoms with Crippen molar-refractivity contribution in [1.82, 2.24) is 14.9 Å². The minimum atomic E-state index is -0.719. The summed E-state index contributed by atoms with van der Waals surface area (Å²) in [4.78, 5) is 21.6. The molecule has 0 aliphatic carbocycles. The molecule has 1 N–H and O–H groups in total. The summed E-state index contributed by atoms with van der Waals surface area (Å²) in [5.74, 6) is -0.719. The Labute approximate surface area is 137 Å². The van der Waals surface area contributed by atoms with Crippen LogP contribution in [0.3, 0.4) is 0 Å². The van der Waals surface area contributed by atoms with Crippen LogP contribution in [0.15, 0.2) is 48.8 Å². The molecule has 0 bridgehead atoms. The summed E-state index contributed by atoms with van der Waals surface area (Å²) >= 11 is 0. The highest BCUT2D eigenvalue weighted by atomic mass is 16.4. The van der Waals surface area contributed by atoms with Gasteiger partial charge in [0, 0.05) is 31.9 Å². The SMILES string of the molecule is O=C(O)CCCCCN(Cc1ccccn1)Cc1ccccn1. The van der Waals surface area contributed by atoms with Crippen LogP contribution in [0.4, 0.5) is 0 Å². The van der Waals surface area contributed by atoms with E-state index in [1.165, 1.54) is 0 Å². The lowest BCUT2D eigenvalue weighted by Gasteiger charge is -2.21. The molecule has 0 spiro atoms. The molecule has 5 nitrogen and oxygen atoms in total. The standard InChI is InChI=1S/C18H23N3O2/c22-18(23)10-2-1-7-13-21(14-16-8-3-5-11-19-16)15-17-9-4-6-12-20-17/h3-6,8-9,11-12H,1-2,7,10,13-15H2,(H,22,23). The zero-order valence-corrected chi connectivity index (χ0v) is 13.3. The van der Waals surface area contributed by atoms with Crippen LogP contribution < -0.4 is 0 Å². The fourth-order valence-electron chi connectivity index (χ4n) is 2.44. The monoisotopic (exact) mass is 313 g/mol. The van der Waals surface area contributed by atoms with Crippen LogP contribution >= 0.6 is 0 Å². The Bertz CT molecular complexity index is 534. The van der Waals surface area contributed by atoms with Gasteiger partial charge in [0.15, 0.2) is 0 Å². The van der Waals surface area contributed by atoms with Gasteiger partial charge in [-0.1, -0.05) is 18.6 Å². The summed E-state index contributed by atoms with van der Waals surface area (Å²) < 4.78 is 0. The van der Waals surface area contributed by atoms with Crippen molar-refractivity contribution in [1.29, 1.82) is 0 Å². The Morgan fingerprint density at radius 3 is 2.00 bits per heavy atom. The van der Waals surface area contributed by atoms with E-state index >= 15 is 0 Å². The number of carboxylic acid groups (broad SMARTS) is 1. The Hall–Kier alpha value is -2.27. The van der Waals surface area contributed by atoms with E-state index in [0.29, 0.717) is 0 Å². The summed E-state index contributed by atoms with van der Waals surface area (Å²) in [6.45, 7) is 2.46. The van der Waals surface area contributed by atoms with Crippen LogP contribution in [0.2, 0.25) is 0 Å². The third-order valence-electron chi connectivity index (χ3n) is 3.59. The maximum atomic E-state index is 10.6. The van der Waals surface area contributed by atoms with Gasteiger partial charge in [0.25, 0.3) is 0 Å². The molecular formula is C18H23N3O2. The molecule has 5 heteroatoms. The van der Waals surface area contributed by atoms with Crippen molar-refractivity contribution in [3.8, 4) is 0 Å². The van der Waals surface area contributed by atoms with Crippen LogP contribution in [0.25, 0.3) is 0 Å². The minimum Gasteiger partial charge on any atom is -0.481 e. The molecule has 0 aromatic carbocycles. The van der Waals surface area contributed by atoms with Crippen molar-refractivity contribution in [3.05, 3.63) is 60.2 Å². The Morgan fingerprint density at radius 1 is 0.913 bits per heavy atom. The Kier molecular flexibility index (Phi) is 7.20. The van der Waals surface area contributed by atoms with Gasteiger partial charge in [-0.05, 0) is 43.7 Å². The molecule has 0 amide bonds. The van der Waals surface area contributed by atoms with Crippen LogP contribution in [-0.4, -0.2) is 32.5 Å². The maximum absolute atomic E-state index is 10.6. The van der Waals surface area contributed by atoms with Crippen molar-refractivity contribution in [2.45, 2.75) is 38.8 Å². The number of hydrogen-bond acceptors (Lipinski definition) is 4. The molecule has 0 atom stereocenters. The lowest BCUT2D eigenvalue weighted by molar-refractivity contribution is -0.137. The van der Waals surface area contributed by atoms with E-state index in [1.54, 1.807) is 12.4 Å². The normalized spacial score (nSPS) is 10.8. The highest BCUT2D eigenvalue weighted by molar-refractivity contribution is 5.66. The smallest absolute Gasteiger partial charge is 0.303 e. The number of unbranched alkanes of at least 4 members (excludes halogenated alkanes) is 2. The minimum absolute atomic E-state index is 0.250. The summed E-state index contributed by atoms with van der Waals surface area (Å²) in [6, 6.07) is 11.9. The first kappa shape index (κ1) is 17.1. The summed E-state index contributed by atoms with van der Waals surface area (Å²) in [5, 5.41) is 8.68. The van der Waals surface area contributed by atoms with E-state index in [9.17, 15) is 4.79 Å². The molecule has 0 unspecified atom stereocenters. The van der Waals surface area contributed by atoms with E-state index < -0.39 is 5.97 Å². The molecule has 2 heterocycles. The second-order valence-corrected chi connectivity index (χ2v) is 5.56. The van der Waals surface area contributed by atoms with Gasteiger partial charge in [-0.25, -0.2) is 0 Å². The fourth-order valence-corrected chi connectivity index (χ4v) is 2.44. The topological polar surface area (TPSA) is 66.3 Å². The van der Waals surface area contributed by atoms with Crippen molar-refractivity contribution in [2.75, 3.05) is 6.54 Å². The van der Waals surface area contributed by atoms with E-state index in [1.807, 2.05) is 36.4 Å². The first-order valence-electron chi connectivity index (χ1n) is 7.98. The first-order chi connectivity index (χ1) is 11.2. The number of nitrogens with zero attached hydrogens (tertiary/aromatic N) is 3. The van der Waals surface area contributed by atoms with Crippen LogP contribution in [0.5, 0.6) is 0 Å². The van der Waals surface area contributed by atoms with Gasteiger partial charge in [0.2, 0.25) is 0 Å². The van der Waals surface area contributed by atoms with Gasteiger partial charge in [-0.3, -0.25) is 19.7 Å². The number of pyridine rings is 2. The zero-order chi connectivity index (χ0) is 16.3. The van der Waals surface area contributed by atoms with Gasteiger partial charge in [0.05, 0.1) is 11.4 Å². The third-order valence-corrected chi connectivity index (χ3v) is 3.59. The number of hydrogen-bond donors (Lipinski definition) is 1. The van der Waals surface area contributed by atoms with E-state index in [-0.39, 0.29) is 6.42 Å². The lowest BCUT2D eigenvalue weighted by atomic mass is 10.2. The number of rotatable bonds is 10. The molecule has 0 aliphatic rings.